The number of carbonyl (C=O) groups excluding carboxylic acids is 2. The predicted octanol–water partition coefficient (Wildman–Crippen LogP) is 1.32. The third-order valence-electron chi connectivity index (χ3n) is 4.11. The Kier molecular flexibility index (Phi) is 3.82. The molecule has 1 saturated heterocycles. The Balaban J connectivity index is 1.69. The van der Waals surface area contributed by atoms with Crippen molar-refractivity contribution >= 4 is 11.8 Å². The molecule has 1 unspecified atom stereocenters. The lowest BCUT2D eigenvalue weighted by Crippen LogP contribution is -2.38. The summed E-state index contributed by atoms with van der Waals surface area (Å²) >= 11 is 0. The lowest BCUT2D eigenvalue weighted by atomic mass is 10.1. The van der Waals surface area contributed by atoms with Crippen molar-refractivity contribution in [3.8, 4) is 5.75 Å². The van der Waals surface area contributed by atoms with Crippen LogP contribution in [0.4, 0.5) is 0 Å². The minimum absolute atomic E-state index is 0.0199. The Hall–Kier alpha value is -2.04. The number of hydrogen-bond acceptors (Lipinski definition) is 3. The van der Waals surface area contributed by atoms with Crippen LogP contribution in [0, 0.1) is 5.92 Å². The Morgan fingerprint density at radius 3 is 2.57 bits per heavy atom. The van der Waals surface area contributed by atoms with Gasteiger partial charge in [-0.25, -0.2) is 0 Å². The Morgan fingerprint density at radius 2 is 2.05 bits per heavy atom. The molecule has 5 heteroatoms. The number of nitrogens with zero attached hydrogens (tertiary/aromatic N) is 1. The fourth-order valence-corrected chi connectivity index (χ4v) is 2.72. The zero-order valence-electron chi connectivity index (χ0n) is 12.2. The van der Waals surface area contributed by atoms with Crippen LogP contribution >= 0.6 is 0 Å². The average molecular weight is 288 g/mol. The summed E-state index contributed by atoms with van der Waals surface area (Å²) in [5.74, 6) is 0.699. The molecule has 2 aliphatic rings. The maximum Gasteiger partial charge on any atom is 0.228 e. The molecule has 2 fully saturated rings. The number of rotatable bonds is 5. The number of amides is 2. The molecule has 0 radical (unpaired) electrons. The second-order valence-electron chi connectivity index (χ2n) is 5.75. The van der Waals surface area contributed by atoms with Crippen LogP contribution in [0.25, 0.3) is 0 Å². The molecule has 0 bridgehead atoms. The maximum atomic E-state index is 12.6. The van der Waals surface area contributed by atoms with Gasteiger partial charge < -0.3 is 15.0 Å². The van der Waals surface area contributed by atoms with Crippen LogP contribution in [0.15, 0.2) is 24.3 Å². The normalized spacial score (nSPS) is 21.0. The van der Waals surface area contributed by atoms with Gasteiger partial charge in [-0.05, 0) is 30.5 Å². The van der Waals surface area contributed by atoms with Gasteiger partial charge in [0.25, 0.3) is 0 Å². The van der Waals surface area contributed by atoms with Gasteiger partial charge in [-0.2, -0.15) is 0 Å². The molecule has 1 atom stereocenters. The lowest BCUT2D eigenvalue weighted by molar-refractivity contribution is -0.137. The van der Waals surface area contributed by atoms with Gasteiger partial charge >= 0.3 is 0 Å². The third-order valence-corrected chi connectivity index (χ3v) is 4.11. The van der Waals surface area contributed by atoms with Crippen LogP contribution in [0.2, 0.25) is 0 Å². The number of carbonyl (C=O) groups is 2. The van der Waals surface area contributed by atoms with E-state index in [0.29, 0.717) is 25.6 Å². The summed E-state index contributed by atoms with van der Waals surface area (Å²) in [7, 11) is 1.64. The fourth-order valence-electron chi connectivity index (χ4n) is 2.72. The molecule has 1 aliphatic heterocycles. The zero-order valence-corrected chi connectivity index (χ0v) is 12.2. The summed E-state index contributed by atoms with van der Waals surface area (Å²) in [6, 6.07) is 8.13. The standard InChI is InChI=1S/C16H20N2O3/c1-21-14-6-2-11(3-7-14)10-18(13-4-5-13)16(20)12-8-15(19)17-9-12/h2-3,6-7,12-13H,4-5,8-10H2,1H3,(H,17,19). The largest absolute Gasteiger partial charge is 0.497 e. The van der Waals surface area contributed by atoms with Crippen LogP contribution in [-0.4, -0.2) is 36.4 Å². The highest BCUT2D eigenvalue weighted by Crippen LogP contribution is 2.31. The first-order chi connectivity index (χ1) is 10.2. The van der Waals surface area contributed by atoms with E-state index < -0.39 is 0 Å². The molecule has 112 valence electrons. The molecule has 5 nitrogen and oxygen atoms in total. The van der Waals surface area contributed by atoms with Gasteiger partial charge in [0.15, 0.2) is 0 Å². The van der Waals surface area contributed by atoms with E-state index in [1.54, 1.807) is 7.11 Å². The summed E-state index contributed by atoms with van der Waals surface area (Å²) in [5, 5.41) is 2.74. The maximum absolute atomic E-state index is 12.6. The number of benzene rings is 1. The topological polar surface area (TPSA) is 58.6 Å². The van der Waals surface area contributed by atoms with Gasteiger partial charge in [-0.1, -0.05) is 12.1 Å². The molecule has 0 spiro atoms. The van der Waals surface area contributed by atoms with Crippen LogP contribution in [0.5, 0.6) is 5.75 Å². The Bertz CT molecular complexity index is 537. The first-order valence-corrected chi connectivity index (χ1v) is 7.37. The summed E-state index contributed by atoms with van der Waals surface area (Å²) in [6.45, 7) is 1.09. The summed E-state index contributed by atoms with van der Waals surface area (Å²) in [4.78, 5) is 25.8. The summed E-state index contributed by atoms with van der Waals surface area (Å²) in [6.07, 6.45) is 2.46. The molecular weight excluding hydrogens is 268 g/mol. The Labute approximate surface area is 124 Å². The van der Waals surface area contributed by atoms with Crippen LogP contribution in [0.3, 0.4) is 0 Å². The molecule has 3 rings (SSSR count). The van der Waals surface area contributed by atoms with E-state index in [2.05, 4.69) is 5.32 Å². The molecule has 1 aromatic rings. The minimum atomic E-state index is -0.198. The van der Waals surface area contributed by atoms with E-state index in [9.17, 15) is 9.59 Å². The smallest absolute Gasteiger partial charge is 0.228 e. The van der Waals surface area contributed by atoms with Gasteiger partial charge in [0.1, 0.15) is 5.75 Å². The second kappa shape index (κ2) is 5.76. The van der Waals surface area contributed by atoms with E-state index in [1.165, 1.54) is 0 Å². The van der Waals surface area contributed by atoms with E-state index in [1.807, 2.05) is 29.2 Å². The fraction of sp³-hybridized carbons (Fsp3) is 0.500. The second-order valence-corrected chi connectivity index (χ2v) is 5.75. The van der Waals surface area contributed by atoms with Crippen molar-refractivity contribution < 1.29 is 14.3 Å². The number of hydrogen-bond donors (Lipinski definition) is 1. The lowest BCUT2D eigenvalue weighted by Gasteiger charge is -2.25. The Morgan fingerprint density at radius 1 is 1.33 bits per heavy atom. The van der Waals surface area contributed by atoms with E-state index in [4.69, 9.17) is 4.74 Å². The van der Waals surface area contributed by atoms with E-state index in [0.717, 1.165) is 24.2 Å². The number of methoxy groups -OCH3 is 1. The molecule has 1 heterocycles. The SMILES string of the molecule is COc1ccc(CN(C(=O)C2CNC(=O)C2)C2CC2)cc1. The van der Waals surface area contributed by atoms with Crippen LogP contribution < -0.4 is 10.1 Å². The van der Waals surface area contributed by atoms with Gasteiger partial charge in [0, 0.05) is 25.6 Å². The molecule has 1 saturated carbocycles. The predicted molar refractivity (Wildman–Crippen MR) is 77.7 cm³/mol. The summed E-state index contributed by atoms with van der Waals surface area (Å²) < 4.78 is 5.15. The highest BCUT2D eigenvalue weighted by Gasteiger charge is 2.38. The molecule has 1 N–H and O–H groups in total. The van der Waals surface area contributed by atoms with E-state index in [-0.39, 0.29) is 17.7 Å². The van der Waals surface area contributed by atoms with Gasteiger partial charge in [0.05, 0.1) is 13.0 Å². The molecule has 1 aromatic carbocycles. The van der Waals surface area contributed by atoms with Crippen LogP contribution in [0.1, 0.15) is 24.8 Å². The molecule has 21 heavy (non-hydrogen) atoms. The van der Waals surface area contributed by atoms with Crippen molar-refractivity contribution in [1.82, 2.24) is 10.2 Å². The molecular formula is C16H20N2O3. The van der Waals surface area contributed by atoms with Crippen molar-refractivity contribution in [3.63, 3.8) is 0 Å². The van der Waals surface area contributed by atoms with Crippen molar-refractivity contribution in [1.29, 1.82) is 0 Å². The van der Waals surface area contributed by atoms with Crippen LogP contribution in [-0.2, 0) is 16.1 Å². The van der Waals surface area contributed by atoms with Crippen molar-refractivity contribution in [2.24, 2.45) is 5.92 Å². The quantitative estimate of drug-likeness (QED) is 0.889. The average Bonchev–Trinajstić information content (AvgIpc) is 3.26. The number of nitrogens with one attached hydrogen (secondary N) is 1. The first-order valence-electron chi connectivity index (χ1n) is 7.37. The number of ether oxygens (including phenoxy) is 1. The summed E-state index contributed by atoms with van der Waals surface area (Å²) in [5.41, 5.74) is 1.09. The molecule has 2 amide bonds. The van der Waals surface area contributed by atoms with Crippen molar-refractivity contribution in [3.05, 3.63) is 29.8 Å². The van der Waals surface area contributed by atoms with Crippen molar-refractivity contribution in [2.45, 2.75) is 31.8 Å². The van der Waals surface area contributed by atoms with Crippen molar-refractivity contribution in [2.75, 3.05) is 13.7 Å². The van der Waals surface area contributed by atoms with Gasteiger partial charge in [-0.15, -0.1) is 0 Å². The van der Waals surface area contributed by atoms with E-state index >= 15 is 0 Å². The molecule has 1 aliphatic carbocycles. The zero-order chi connectivity index (χ0) is 14.8. The highest BCUT2D eigenvalue weighted by molar-refractivity contribution is 5.89. The third kappa shape index (κ3) is 3.17. The monoisotopic (exact) mass is 288 g/mol. The molecule has 0 aromatic heterocycles. The highest BCUT2D eigenvalue weighted by atomic mass is 16.5. The minimum Gasteiger partial charge on any atom is -0.497 e. The van der Waals surface area contributed by atoms with Gasteiger partial charge in [0.2, 0.25) is 11.8 Å². The first kappa shape index (κ1) is 13.9. The van der Waals surface area contributed by atoms with Gasteiger partial charge in [-0.3, -0.25) is 9.59 Å².